The largest absolute Gasteiger partial charge is 0.495 e. The van der Waals surface area contributed by atoms with Crippen LogP contribution < -0.4 is 10.1 Å². The van der Waals surface area contributed by atoms with Crippen molar-refractivity contribution in [2.24, 2.45) is 0 Å². The summed E-state index contributed by atoms with van der Waals surface area (Å²) in [7, 11) is 1.68. The normalized spacial score (nSPS) is 14.8. The van der Waals surface area contributed by atoms with Gasteiger partial charge >= 0.3 is 0 Å². The third kappa shape index (κ3) is 4.91. The Balaban J connectivity index is 1.51. The van der Waals surface area contributed by atoms with Crippen molar-refractivity contribution in [1.29, 1.82) is 0 Å². The molecule has 4 aromatic rings. The summed E-state index contributed by atoms with van der Waals surface area (Å²) in [6.45, 7) is 8.45. The van der Waals surface area contributed by atoms with E-state index in [1.165, 1.54) is 0 Å². The molecule has 4 heterocycles. The summed E-state index contributed by atoms with van der Waals surface area (Å²) in [4.78, 5) is 23.3. The molecule has 0 unspecified atom stereocenters. The van der Waals surface area contributed by atoms with Gasteiger partial charge in [0, 0.05) is 23.2 Å². The fourth-order valence-corrected chi connectivity index (χ4v) is 5.07. The van der Waals surface area contributed by atoms with E-state index in [2.05, 4.69) is 36.1 Å². The van der Waals surface area contributed by atoms with E-state index < -0.39 is 0 Å². The molecule has 0 aliphatic heterocycles. The van der Waals surface area contributed by atoms with Crippen molar-refractivity contribution in [1.82, 2.24) is 29.5 Å². The van der Waals surface area contributed by atoms with Crippen molar-refractivity contribution in [3.8, 4) is 17.1 Å². The van der Waals surface area contributed by atoms with Crippen LogP contribution in [0.25, 0.3) is 17.0 Å². The number of carbonyl (C=O) groups excluding carboxylic acids is 1. The molecule has 1 amide bonds. The van der Waals surface area contributed by atoms with Crippen molar-refractivity contribution in [2.45, 2.75) is 62.3 Å². The van der Waals surface area contributed by atoms with Crippen molar-refractivity contribution in [2.75, 3.05) is 7.11 Å². The van der Waals surface area contributed by atoms with Crippen LogP contribution in [0.1, 0.15) is 68.8 Å². The Morgan fingerprint density at radius 2 is 2.03 bits per heavy atom. The van der Waals surface area contributed by atoms with Crippen molar-refractivity contribution in [3.05, 3.63) is 60.3 Å². The summed E-state index contributed by atoms with van der Waals surface area (Å²) in [5.74, 6) is 0.634. The van der Waals surface area contributed by atoms with Crippen LogP contribution in [-0.4, -0.2) is 41.9 Å². The number of ether oxygens (including phenoxy) is 1. The second-order valence-electron chi connectivity index (χ2n) is 9.83. The van der Waals surface area contributed by atoms with Gasteiger partial charge in [-0.15, -0.1) is 11.8 Å². The molecule has 0 spiro atoms. The number of imidazole rings is 1. The number of nitrogens with one attached hydrogen (secondary N) is 1. The standard InChI is InChI=1S/C26H30N6O2S/c1-16(18-8-6-7-11-27-18)29-25(33)20-12-19(30-32(20)17-9-10-17)21-14-28-24-13-22(34-5)23(15-31(21)24)35-26(2,3)4/h6-8,11-17H,9-10H2,1-5H3,(H,29,33)/t16-/m1/s1. The molecule has 4 aromatic heterocycles. The lowest BCUT2D eigenvalue weighted by Crippen LogP contribution is -2.29. The van der Waals surface area contributed by atoms with Gasteiger partial charge in [0.25, 0.3) is 5.91 Å². The number of thioether (sulfide) groups is 1. The van der Waals surface area contributed by atoms with E-state index in [4.69, 9.17) is 9.84 Å². The van der Waals surface area contributed by atoms with E-state index in [0.29, 0.717) is 5.69 Å². The molecule has 0 radical (unpaired) electrons. The van der Waals surface area contributed by atoms with Crippen LogP contribution in [0.5, 0.6) is 5.75 Å². The highest BCUT2D eigenvalue weighted by Gasteiger charge is 2.31. The average Bonchev–Trinajstić information content (AvgIpc) is 3.44. The van der Waals surface area contributed by atoms with Gasteiger partial charge < -0.3 is 10.1 Å². The third-order valence-electron chi connectivity index (χ3n) is 5.81. The molecule has 0 aromatic carbocycles. The lowest BCUT2D eigenvalue weighted by atomic mass is 10.2. The van der Waals surface area contributed by atoms with Crippen molar-refractivity contribution in [3.63, 3.8) is 0 Å². The molecule has 35 heavy (non-hydrogen) atoms. The van der Waals surface area contributed by atoms with Gasteiger partial charge in [-0.2, -0.15) is 5.10 Å². The highest BCUT2D eigenvalue weighted by Crippen LogP contribution is 2.40. The Hall–Kier alpha value is -3.33. The number of hydrogen-bond donors (Lipinski definition) is 1. The Morgan fingerprint density at radius 1 is 1.23 bits per heavy atom. The monoisotopic (exact) mass is 490 g/mol. The zero-order valence-electron chi connectivity index (χ0n) is 20.6. The maximum atomic E-state index is 13.3. The lowest BCUT2D eigenvalue weighted by Gasteiger charge is -2.19. The summed E-state index contributed by atoms with van der Waals surface area (Å²) >= 11 is 1.74. The number of fused-ring (bicyclic) bond motifs is 1. The van der Waals surface area contributed by atoms with Crippen LogP contribution in [0.3, 0.4) is 0 Å². The predicted molar refractivity (Wildman–Crippen MR) is 137 cm³/mol. The van der Waals surface area contributed by atoms with Gasteiger partial charge in [-0.25, -0.2) is 4.98 Å². The molecule has 0 saturated heterocycles. The molecule has 1 aliphatic carbocycles. The first-order valence-corrected chi connectivity index (χ1v) is 12.6. The van der Waals surface area contributed by atoms with Gasteiger partial charge in [0.05, 0.1) is 41.7 Å². The quantitative estimate of drug-likeness (QED) is 0.353. The maximum absolute atomic E-state index is 13.3. The Bertz CT molecular complexity index is 1370. The van der Waals surface area contributed by atoms with Gasteiger partial charge in [-0.3, -0.25) is 18.9 Å². The SMILES string of the molecule is COc1cc2ncc(-c3cc(C(=O)N[C@H](C)c4ccccn4)n(C4CC4)n3)n2cc1SC(C)(C)C. The lowest BCUT2D eigenvalue weighted by molar-refractivity contribution is 0.0928. The van der Waals surface area contributed by atoms with Crippen LogP contribution in [0.2, 0.25) is 0 Å². The maximum Gasteiger partial charge on any atom is 0.270 e. The van der Waals surface area contributed by atoms with Crippen LogP contribution >= 0.6 is 11.8 Å². The Kier molecular flexibility index (Phi) is 6.04. The van der Waals surface area contributed by atoms with Gasteiger partial charge in [0.2, 0.25) is 0 Å². The van der Waals surface area contributed by atoms with E-state index >= 15 is 0 Å². The molecule has 182 valence electrons. The van der Waals surface area contributed by atoms with Crippen LogP contribution in [0.4, 0.5) is 0 Å². The number of rotatable bonds is 7. The summed E-state index contributed by atoms with van der Waals surface area (Å²) in [5, 5.41) is 7.93. The molecule has 8 nitrogen and oxygen atoms in total. The molecule has 1 N–H and O–H groups in total. The molecule has 9 heteroatoms. The molecule has 1 saturated carbocycles. The van der Waals surface area contributed by atoms with E-state index in [1.807, 2.05) is 52.5 Å². The van der Waals surface area contributed by atoms with Crippen LogP contribution in [0, 0.1) is 0 Å². The molecule has 1 aliphatic rings. The minimum absolute atomic E-state index is 0.0187. The average molecular weight is 491 g/mol. The first-order chi connectivity index (χ1) is 16.7. The van der Waals surface area contributed by atoms with E-state index in [1.54, 1.807) is 31.3 Å². The van der Waals surface area contributed by atoms with E-state index in [-0.39, 0.29) is 22.7 Å². The van der Waals surface area contributed by atoms with Gasteiger partial charge in [0.1, 0.15) is 22.8 Å². The molecular formula is C26H30N6O2S. The number of pyridine rings is 2. The first-order valence-electron chi connectivity index (χ1n) is 11.8. The number of aromatic nitrogens is 5. The minimum Gasteiger partial charge on any atom is -0.495 e. The Labute approximate surface area is 209 Å². The molecular weight excluding hydrogens is 460 g/mol. The van der Waals surface area contributed by atoms with E-state index in [0.717, 1.165) is 46.2 Å². The van der Waals surface area contributed by atoms with E-state index in [9.17, 15) is 4.79 Å². The number of carbonyl (C=O) groups is 1. The number of hydrogen-bond acceptors (Lipinski definition) is 6. The fourth-order valence-electron chi connectivity index (χ4n) is 4.01. The second-order valence-corrected chi connectivity index (χ2v) is 11.7. The zero-order chi connectivity index (χ0) is 24.7. The zero-order valence-corrected chi connectivity index (χ0v) is 21.5. The first kappa shape index (κ1) is 23.4. The summed E-state index contributed by atoms with van der Waals surface area (Å²) < 4.78 is 9.54. The number of amides is 1. The number of nitrogens with zero attached hydrogens (tertiary/aromatic N) is 5. The highest BCUT2D eigenvalue weighted by molar-refractivity contribution is 8.00. The van der Waals surface area contributed by atoms with Gasteiger partial charge in [-0.05, 0) is 38.0 Å². The molecule has 0 bridgehead atoms. The molecule has 1 fully saturated rings. The molecule has 5 rings (SSSR count). The summed E-state index contributed by atoms with van der Waals surface area (Å²) in [6.07, 6.45) is 7.63. The highest BCUT2D eigenvalue weighted by atomic mass is 32.2. The van der Waals surface area contributed by atoms with Crippen molar-refractivity contribution < 1.29 is 9.53 Å². The number of methoxy groups -OCH3 is 1. The van der Waals surface area contributed by atoms with Gasteiger partial charge in [-0.1, -0.05) is 26.8 Å². The van der Waals surface area contributed by atoms with Crippen LogP contribution in [-0.2, 0) is 0 Å². The Morgan fingerprint density at radius 3 is 2.69 bits per heavy atom. The summed E-state index contributed by atoms with van der Waals surface area (Å²) in [6, 6.07) is 9.54. The fraction of sp³-hybridized carbons (Fsp3) is 0.385. The minimum atomic E-state index is -0.213. The molecule has 1 atom stereocenters. The predicted octanol–water partition coefficient (Wildman–Crippen LogP) is 5.32. The second kappa shape index (κ2) is 9.03. The van der Waals surface area contributed by atoms with Crippen LogP contribution in [0.15, 0.2) is 53.8 Å². The topological polar surface area (TPSA) is 86.3 Å². The van der Waals surface area contributed by atoms with Gasteiger partial charge in [0.15, 0.2) is 0 Å². The third-order valence-corrected chi connectivity index (χ3v) is 6.95. The smallest absolute Gasteiger partial charge is 0.270 e. The summed E-state index contributed by atoms with van der Waals surface area (Å²) in [5.41, 5.74) is 3.70. The van der Waals surface area contributed by atoms with Crippen molar-refractivity contribution >= 4 is 23.3 Å².